The highest BCUT2D eigenvalue weighted by Crippen LogP contribution is 2.46. The maximum atomic E-state index is 13.8. The molecule has 8 nitrogen and oxygen atoms in total. The molecular formula is C29H27N5O3. The number of Topliss-reactive ketones (excluding diaryl/α,β-unsaturated/α-hetero) is 1. The van der Waals surface area contributed by atoms with Gasteiger partial charge in [-0.2, -0.15) is 15.6 Å². The zero-order valence-electron chi connectivity index (χ0n) is 21.0. The van der Waals surface area contributed by atoms with Crippen LogP contribution in [0.5, 0.6) is 11.5 Å². The Bertz CT molecular complexity index is 1460. The van der Waals surface area contributed by atoms with Crippen LogP contribution in [-0.4, -0.2) is 22.8 Å². The van der Waals surface area contributed by atoms with Crippen molar-refractivity contribution in [2.24, 2.45) is 11.3 Å². The Morgan fingerprint density at radius 1 is 1.05 bits per heavy atom. The Hall–Kier alpha value is -4.56. The Morgan fingerprint density at radius 2 is 1.78 bits per heavy atom. The van der Waals surface area contributed by atoms with E-state index in [1.165, 1.54) is 0 Å². The van der Waals surface area contributed by atoms with E-state index in [0.717, 1.165) is 16.8 Å². The second-order valence-corrected chi connectivity index (χ2v) is 10.2. The van der Waals surface area contributed by atoms with Crippen molar-refractivity contribution in [1.82, 2.24) is 10.2 Å². The minimum Gasteiger partial charge on any atom is -0.454 e. The fourth-order valence-corrected chi connectivity index (χ4v) is 5.24. The monoisotopic (exact) mass is 493 g/mol. The van der Waals surface area contributed by atoms with Gasteiger partial charge in [0.25, 0.3) is 0 Å². The Kier molecular flexibility index (Phi) is 6.19. The molecule has 2 heterocycles. The van der Waals surface area contributed by atoms with E-state index in [-0.39, 0.29) is 18.0 Å². The normalized spacial score (nSPS) is 16.9. The lowest BCUT2D eigenvalue weighted by Crippen LogP contribution is -2.32. The smallest absolute Gasteiger partial charge is 0.231 e. The summed E-state index contributed by atoms with van der Waals surface area (Å²) >= 11 is 0. The van der Waals surface area contributed by atoms with Gasteiger partial charge in [0.2, 0.25) is 6.79 Å². The lowest BCUT2D eigenvalue weighted by atomic mass is 9.69. The summed E-state index contributed by atoms with van der Waals surface area (Å²) in [6.45, 7) is 6.13. The number of nitriles is 2. The summed E-state index contributed by atoms with van der Waals surface area (Å²) in [6, 6.07) is 19.4. The maximum absolute atomic E-state index is 13.8. The molecule has 1 unspecified atom stereocenters. The summed E-state index contributed by atoms with van der Waals surface area (Å²) < 4.78 is 11.0. The molecule has 0 amide bonds. The standard InChI is InChI=1S/C29H27N5O3/c1-17-25(18-7-5-4-6-8-18)28(34-33-17)32-21-12-29(2,3)13-22(35)27(21)26(20(14-30)15-31)19-9-10-23-24(11-19)37-16-36-23/h4-11,20,26H,12-13,16H2,1-3H3,(H2,32,33,34). The molecule has 2 aromatic carbocycles. The zero-order chi connectivity index (χ0) is 26.2. The third-order valence-electron chi connectivity index (χ3n) is 6.88. The van der Waals surface area contributed by atoms with Crippen molar-refractivity contribution in [3.63, 3.8) is 0 Å². The van der Waals surface area contributed by atoms with Crippen LogP contribution >= 0.6 is 0 Å². The van der Waals surface area contributed by atoms with Crippen LogP contribution < -0.4 is 14.8 Å². The van der Waals surface area contributed by atoms with Gasteiger partial charge in [0.1, 0.15) is 5.92 Å². The van der Waals surface area contributed by atoms with E-state index in [0.29, 0.717) is 47.0 Å². The molecular weight excluding hydrogens is 466 g/mol. The van der Waals surface area contributed by atoms with E-state index in [1.807, 2.05) is 51.1 Å². The number of H-pyrrole nitrogens is 1. The first-order valence-corrected chi connectivity index (χ1v) is 12.1. The number of benzene rings is 2. The van der Waals surface area contributed by atoms with E-state index in [1.54, 1.807) is 18.2 Å². The largest absolute Gasteiger partial charge is 0.454 e. The lowest BCUT2D eigenvalue weighted by Gasteiger charge is -2.35. The molecule has 0 saturated carbocycles. The minimum atomic E-state index is -1.08. The quantitative estimate of drug-likeness (QED) is 0.457. The van der Waals surface area contributed by atoms with Gasteiger partial charge in [-0.15, -0.1) is 0 Å². The molecule has 0 bridgehead atoms. The van der Waals surface area contributed by atoms with Crippen molar-refractivity contribution in [3.8, 4) is 34.8 Å². The van der Waals surface area contributed by atoms with Gasteiger partial charge < -0.3 is 14.8 Å². The second kappa shape index (κ2) is 9.48. The number of aromatic nitrogens is 2. The number of hydrogen-bond acceptors (Lipinski definition) is 7. The number of rotatable bonds is 6. The van der Waals surface area contributed by atoms with Crippen LogP contribution in [0.2, 0.25) is 0 Å². The summed E-state index contributed by atoms with van der Waals surface area (Å²) in [5, 5.41) is 30.9. The fourth-order valence-electron chi connectivity index (χ4n) is 5.24. The Morgan fingerprint density at radius 3 is 2.51 bits per heavy atom. The molecule has 186 valence electrons. The Labute approximate surface area is 215 Å². The number of ketones is 1. The van der Waals surface area contributed by atoms with Gasteiger partial charge in [-0.1, -0.05) is 50.2 Å². The molecule has 1 atom stereocenters. The number of carbonyl (C=O) groups is 1. The summed E-state index contributed by atoms with van der Waals surface area (Å²) in [7, 11) is 0. The lowest BCUT2D eigenvalue weighted by molar-refractivity contribution is -0.118. The van der Waals surface area contributed by atoms with Crippen LogP contribution in [0.15, 0.2) is 59.8 Å². The molecule has 0 saturated heterocycles. The number of allylic oxidation sites excluding steroid dienone is 2. The van der Waals surface area contributed by atoms with E-state index in [9.17, 15) is 15.3 Å². The number of nitrogens with zero attached hydrogens (tertiary/aromatic N) is 3. The molecule has 0 fully saturated rings. The van der Waals surface area contributed by atoms with E-state index in [4.69, 9.17) is 9.47 Å². The van der Waals surface area contributed by atoms with E-state index >= 15 is 0 Å². The zero-order valence-corrected chi connectivity index (χ0v) is 21.0. The van der Waals surface area contributed by atoms with Crippen molar-refractivity contribution >= 4 is 11.6 Å². The predicted molar refractivity (Wildman–Crippen MR) is 137 cm³/mol. The fraction of sp³-hybridized carbons (Fsp3) is 0.310. The average Bonchev–Trinajstić information content (AvgIpc) is 3.49. The first-order valence-electron chi connectivity index (χ1n) is 12.1. The second-order valence-electron chi connectivity index (χ2n) is 10.2. The van der Waals surface area contributed by atoms with Crippen molar-refractivity contribution in [2.45, 2.75) is 39.5 Å². The average molecular weight is 494 g/mol. The maximum Gasteiger partial charge on any atom is 0.231 e. The van der Waals surface area contributed by atoms with Crippen LogP contribution in [0.25, 0.3) is 11.1 Å². The molecule has 3 aromatic rings. The van der Waals surface area contributed by atoms with Gasteiger partial charge in [-0.3, -0.25) is 9.89 Å². The van der Waals surface area contributed by atoms with Gasteiger partial charge >= 0.3 is 0 Å². The summed E-state index contributed by atoms with van der Waals surface area (Å²) in [5.41, 5.74) is 4.22. The number of ether oxygens (including phenoxy) is 2. The van der Waals surface area contributed by atoms with Crippen molar-refractivity contribution in [2.75, 3.05) is 12.1 Å². The number of aromatic amines is 1. The topological polar surface area (TPSA) is 124 Å². The highest BCUT2D eigenvalue weighted by Gasteiger charge is 2.41. The number of carbonyl (C=O) groups excluding carboxylic acids is 1. The van der Waals surface area contributed by atoms with Crippen LogP contribution in [0.1, 0.15) is 43.9 Å². The molecule has 8 heteroatoms. The van der Waals surface area contributed by atoms with Crippen molar-refractivity contribution in [1.29, 1.82) is 10.5 Å². The number of hydrogen-bond donors (Lipinski definition) is 2. The minimum absolute atomic E-state index is 0.0922. The molecule has 37 heavy (non-hydrogen) atoms. The molecule has 1 aromatic heterocycles. The van der Waals surface area contributed by atoms with Gasteiger partial charge in [0.15, 0.2) is 23.1 Å². The number of fused-ring (bicyclic) bond motifs is 1. The summed E-state index contributed by atoms with van der Waals surface area (Å²) in [6.07, 6.45) is 0.863. The van der Waals surface area contributed by atoms with Crippen molar-refractivity contribution < 1.29 is 14.3 Å². The van der Waals surface area contributed by atoms with Gasteiger partial charge in [0.05, 0.1) is 12.1 Å². The van der Waals surface area contributed by atoms with Crippen molar-refractivity contribution in [3.05, 3.63) is 71.1 Å². The van der Waals surface area contributed by atoms with E-state index in [2.05, 4.69) is 27.7 Å². The van der Waals surface area contributed by atoms with Crippen LogP contribution in [0, 0.1) is 40.9 Å². The predicted octanol–water partition coefficient (Wildman–Crippen LogP) is 5.62. The molecule has 2 N–H and O–H groups in total. The molecule has 1 aliphatic heterocycles. The van der Waals surface area contributed by atoms with Crippen LogP contribution in [0.3, 0.4) is 0 Å². The number of nitrogens with one attached hydrogen (secondary N) is 2. The van der Waals surface area contributed by atoms with E-state index < -0.39 is 11.8 Å². The van der Waals surface area contributed by atoms with Crippen LogP contribution in [0.4, 0.5) is 5.82 Å². The van der Waals surface area contributed by atoms with Crippen LogP contribution in [-0.2, 0) is 4.79 Å². The third-order valence-corrected chi connectivity index (χ3v) is 6.88. The molecule has 1 aliphatic carbocycles. The van der Waals surface area contributed by atoms with Gasteiger partial charge in [-0.25, -0.2) is 0 Å². The Balaban J connectivity index is 1.67. The number of aryl methyl sites for hydroxylation is 1. The molecule has 2 aliphatic rings. The molecule has 5 rings (SSSR count). The first kappa shape index (κ1) is 24.1. The highest BCUT2D eigenvalue weighted by molar-refractivity contribution is 6.00. The summed E-state index contributed by atoms with van der Waals surface area (Å²) in [4.78, 5) is 13.8. The van der Waals surface area contributed by atoms with Gasteiger partial charge in [-0.05, 0) is 42.0 Å². The SMILES string of the molecule is Cc1[nH]nc(NC2=C(C(c3ccc4c(c3)OCO4)C(C#N)C#N)C(=O)CC(C)(C)C2)c1-c1ccccc1. The van der Waals surface area contributed by atoms with Gasteiger partial charge in [0, 0.05) is 34.9 Å². The third kappa shape index (κ3) is 4.54. The molecule has 0 spiro atoms. The first-order chi connectivity index (χ1) is 17.8. The number of anilines is 1. The highest BCUT2D eigenvalue weighted by atomic mass is 16.7. The summed E-state index contributed by atoms with van der Waals surface area (Å²) in [5.74, 6) is -0.217. The molecule has 0 radical (unpaired) electrons.